The Labute approximate surface area is 141 Å². The van der Waals surface area contributed by atoms with Gasteiger partial charge in [-0.25, -0.2) is 0 Å². The SMILES string of the molecule is COc1ccc2[nH]c(O)c(N=Nc3cccc(C(C)(C)C)c3)c2c1. The maximum atomic E-state index is 10.1. The molecule has 0 aliphatic heterocycles. The second kappa shape index (κ2) is 6.00. The molecule has 0 aliphatic rings. The number of aromatic amines is 1. The molecule has 0 saturated heterocycles. The highest BCUT2D eigenvalue weighted by atomic mass is 16.5. The van der Waals surface area contributed by atoms with Gasteiger partial charge in [-0.05, 0) is 41.3 Å². The minimum Gasteiger partial charge on any atom is -0.497 e. The molecule has 1 aromatic heterocycles. The maximum absolute atomic E-state index is 10.1. The second-order valence-corrected chi connectivity index (χ2v) is 6.73. The first-order valence-electron chi connectivity index (χ1n) is 7.79. The fourth-order valence-electron chi connectivity index (χ4n) is 2.51. The molecule has 2 aromatic carbocycles. The van der Waals surface area contributed by atoms with Crippen LogP contribution in [0.1, 0.15) is 26.3 Å². The van der Waals surface area contributed by atoms with E-state index in [-0.39, 0.29) is 11.3 Å². The van der Waals surface area contributed by atoms with Crippen LogP contribution in [0.2, 0.25) is 0 Å². The number of benzene rings is 2. The largest absolute Gasteiger partial charge is 0.497 e. The van der Waals surface area contributed by atoms with Gasteiger partial charge in [-0.1, -0.05) is 32.9 Å². The Morgan fingerprint density at radius 1 is 1.04 bits per heavy atom. The van der Waals surface area contributed by atoms with Crippen molar-refractivity contribution in [2.45, 2.75) is 26.2 Å². The monoisotopic (exact) mass is 323 g/mol. The lowest BCUT2D eigenvalue weighted by Gasteiger charge is -2.18. The third kappa shape index (κ3) is 3.11. The number of fused-ring (bicyclic) bond motifs is 1. The van der Waals surface area contributed by atoms with Gasteiger partial charge in [0.05, 0.1) is 18.3 Å². The van der Waals surface area contributed by atoms with Crippen LogP contribution in [-0.4, -0.2) is 17.2 Å². The predicted molar refractivity (Wildman–Crippen MR) is 95.8 cm³/mol. The van der Waals surface area contributed by atoms with E-state index < -0.39 is 0 Å². The van der Waals surface area contributed by atoms with Crippen LogP contribution < -0.4 is 4.74 Å². The van der Waals surface area contributed by atoms with Gasteiger partial charge in [0.15, 0.2) is 5.69 Å². The molecule has 24 heavy (non-hydrogen) atoms. The van der Waals surface area contributed by atoms with Crippen molar-refractivity contribution in [3.8, 4) is 11.6 Å². The highest BCUT2D eigenvalue weighted by molar-refractivity contribution is 5.95. The molecule has 0 radical (unpaired) electrons. The zero-order valence-electron chi connectivity index (χ0n) is 14.3. The van der Waals surface area contributed by atoms with Crippen molar-refractivity contribution in [1.82, 2.24) is 4.98 Å². The summed E-state index contributed by atoms with van der Waals surface area (Å²) >= 11 is 0. The van der Waals surface area contributed by atoms with Crippen LogP contribution in [0.15, 0.2) is 52.7 Å². The number of methoxy groups -OCH3 is 1. The van der Waals surface area contributed by atoms with Gasteiger partial charge in [-0.15, -0.1) is 5.11 Å². The van der Waals surface area contributed by atoms with Gasteiger partial charge in [0, 0.05) is 5.39 Å². The van der Waals surface area contributed by atoms with Crippen LogP contribution in [0.25, 0.3) is 10.9 Å². The van der Waals surface area contributed by atoms with E-state index in [0.717, 1.165) is 16.6 Å². The zero-order chi connectivity index (χ0) is 17.3. The molecule has 2 N–H and O–H groups in total. The molecule has 0 amide bonds. The molecular weight excluding hydrogens is 302 g/mol. The fourth-order valence-corrected chi connectivity index (χ4v) is 2.51. The van der Waals surface area contributed by atoms with Gasteiger partial charge in [0.2, 0.25) is 5.88 Å². The molecule has 5 heteroatoms. The average Bonchev–Trinajstić information content (AvgIpc) is 2.86. The number of aromatic nitrogens is 1. The van der Waals surface area contributed by atoms with E-state index >= 15 is 0 Å². The standard InChI is InChI=1S/C19H21N3O2/c1-19(2,3)12-6-5-7-13(10-12)21-22-17-15-11-14(24-4)8-9-16(15)20-18(17)23/h5-11,20,23H,1-4H3. The first-order chi connectivity index (χ1) is 11.4. The molecule has 0 aliphatic carbocycles. The third-order valence-electron chi connectivity index (χ3n) is 3.94. The molecule has 0 fully saturated rings. The molecule has 0 unspecified atom stereocenters. The Morgan fingerprint density at radius 2 is 1.83 bits per heavy atom. The number of rotatable bonds is 3. The molecule has 3 rings (SSSR count). The summed E-state index contributed by atoms with van der Waals surface area (Å²) in [6, 6.07) is 13.4. The number of aromatic hydroxyl groups is 1. The van der Waals surface area contributed by atoms with Crippen LogP contribution in [0.5, 0.6) is 11.6 Å². The Hall–Kier alpha value is -2.82. The molecule has 0 bridgehead atoms. The van der Waals surface area contributed by atoms with E-state index in [1.54, 1.807) is 7.11 Å². The smallest absolute Gasteiger partial charge is 0.218 e. The van der Waals surface area contributed by atoms with Crippen LogP contribution >= 0.6 is 0 Å². The molecule has 5 nitrogen and oxygen atoms in total. The quantitative estimate of drug-likeness (QED) is 0.616. The number of ether oxygens (including phenoxy) is 1. The summed E-state index contributed by atoms with van der Waals surface area (Å²) in [5.74, 6) is 0.696. The minimum absolute atomic E-state index is 0.00557. The van der Waals surface area contributed by atoms with E-state index in [9.17, 15) is 5.11 Å². The van der Waals surface area contributed by atoms with Crippen molar-refractivity contribution in [2.24, 2.45) is 10.2 Å². The Kier molecular flexibility index (Phi) is 4.01. The van der Waals surface area contributed by atoms with Gasteiger partial charge in [-0.2, -0.15) is 5.11 Å². The van der Waals surface area contributed by atoms with Crippen LogP contribution in [-0.2, 0) is 5.41 Å². The van der Waals surface area contributed by atoms with E-state index in [1.807, 2.05) is 36.4 Å². The van der Waals surface area contributed by atoms with Crippen molar-refractivity contribution >= 4 is 22.3 Å². The number of nitrogens with zero attached hydrogens (tertiary/aromatic N) is 2. The first kappa shape index (κ1) is 16.1. The zero-order valence-corrected chi connectivity index (χ0v) is 14.3. The summed E-state index contributed by atoms with van der Waals surface area (Å²) in [6.45, 7) is 6.46. The normalized spacial score (nSPS) is 12.2. The van der Waals surface area contributed by atoms with Crippen LogP contribution in [0.3, 0.4) is 0 Å². The molecule has 0 atom stereocenters. The Morgan fingerprint density at radius 3 is 2.54 bits per heavy atom. The van der Waals surface area contributed by atoms with Crippen molar-refractivity contribution in [3.63, 3.8) is 0 Å². The van der Waals surface area contributed by atoms with E-state index in [0.29, 0.717) is 11.4 Å². The minimum atomic E-state index is -0.00557. The number of nitrogens with one attached hydrogen (secondary N) is 1. The number of hydrogen-bond acceptors (Lipinski definition) is 4. The summed E-state index contributed by atoms with van der Waals surface area (Å²) in [5.41, 5.74) is 3.17. The lowest BCUT2D eigenvalue weighted by molar-refractivity contribution is 0.415. The van der Waals surface area contributed by atoms with E-state index in [4.69, 9.17) is 4.74 Å². The lowest BCUT2D eigenvalue weighted by atomic mass is 9.87. The van der Waals surface area contributed by atoms with Crippen molar-refractivity contribution in [2.75, 3.05) is 7.11 Å². The van der Waals surface area contributed by atoms with Gasteiger partial charge >= 0.3 is 0 Å². The summed E-state index contributed by atoms with van der Waals surface area (Å²) in [4.78, 5) is 2.90. The third-order valence-corrected chi connectivity index (χ3v) is 3.94. The Balaban J connectivity index is 2.00. The second-order valence-electron chi connectivity index (χ2n) is 6.73. The predicted octanol–water partition coefficient (Wildman–Crippen LogP) is 5.60. The van der Waals surface area contributed by atoms with Crippen LogP contribution in [0, 0.1) is 0 Å². The molecule has 0 spiro atoms. The first-order valence-corrected chi connectivity index (χ1v) is 7.79. The molecule has 1 heterocycles. The maximum Gasteiger partial charge on any atom is 0.218 e. The molecule has 124 valence electrons. The van der Waals surface area contributed by atoms with Gasteiger partial charge in [0.25, 0.3) is 0 Å². The van der Waals surface area contributed by atoms with Crippen molar-refractivity contribution < 1.29 is 9.84 Å². The summed E-state index contributed by atoms with van der Waals surface area (Å²) < 4.78 is 5.23. The topological polar surface area (TPSA) is 70.0 Å². The van der Waals surface area contributed by atoms with Crippen molar-refractivity contribution in [3.05, 3.63) is 48.0 Å². The number of hydrogen-bond donors (Lipinski definition) is 2. The lowest BCUT2D eigenvalue weighted by Crippen LogP contribution is -2.10. The average molecular weight is 323 g/mol. The number of azo groups is 1. The molecule has 3 aromatic rings. The van der Waals surface area contributed by atoms with Gasteiger partial charge < -0.3 is 14.8 Å². The van der Waals surface area contributed by atoms with Gasteiger partial charge in [0.1, 0.15) is 5.75 Å². The summed E-state index contributed by atoms with van der Waals surface area (Å²) in [7, 11) is 1.60. The summed E-state index contributed by atoms with van der Waals surface area (Å²) in [5, 5.41) is 19.4. The molecular formula is C19H21N3O2. The van der Waals surface area contributed by atoms with Gasteiger partial charge in [-0.3, -0.25) is 0 Å². The van der Waals surface area contributed by atoms with Crippen molar-refractivity contribution in [1.29, 1.82) is 0 Å². The van der Waals surface area contributed by atoms with Crippen LogP contribution in [0.4, 0.5) is 11.4 Å². The van der Waals surface area contributed by atoms with E-state index in [2.05, 4.69) is 42.1 Å². The fraction of sp³-hybridized carbons (Fsp3) is 0.263. The highest BCUT2D eigenvalue weighted by Crippen LogP contribution is 2.38. The van der Waals surface area contributed by atoms with E-state index in [1.165, 1.54) is 5.56 Å². The number of H-pyrrole nitrogens is 1. The Bertz CT molecular complexity index is 905. The molecule has 0 saturated carbocycles. The highest BCUT2D eigenvalue weighted by Gasteiger charge is 2.14. The summed E-state index contributed by atoms with van der Waals surface area (Å²) in [6.07, 6.45) is 0.